The van der Waals surface area contributed by atoms with Gasteiger partial charge in [0.25, 0.3) is 0 Å². The Morgan fingerprint density at radius 2 is 1.55 bits per heavy atom. The van der Waals surface area contributed by atoms with Crippen LogP contribution in [0, 0.1) is 6.92 Å². The van der Waals surface area contributed by atoms with E-state index in [1.807, 2.05) is 66.7 Å². The summed E-state index contributed by atoms with van der Waals surface area (Å²) in [4.78, 5) is 28.0. The molecule has 0 aliphatic heterocycles. The van der Waals surface area contributed by atoms with E-state index in [1.54, 1.807) is 26.0 Å². The Morgan fingerprint density at radius 1 is 0.900 bits per heavy atom. The average Bonchev–Trinajstić information content (AvgIpc) is 3.33. The smallest absolute Gasteiger partial charge is 0.412 e. The number of nitrogens with one attached hydrogen (secondary N) is 1. The van der Waals surface area contributed by atoms with Crippen LogP contribution in [0.25, 0.3) is 22.5 Å². The van der Waals surface area contributed by atoms with Gasteiger partial charge in [0.2, 0.25) is 0 Å². The van der Waals surface area contributed by atoms with Gasteiger partial charge in [0.15, 0.2) is 11.5 Å². The number of hydrogen-bond acceptors (Lipinski definition) is 7. The first-order valence-electron chi connectivity index (χ1n) is 12.4. The second kappa shape index (κ2) is 11.5. The molecule has 5 rings (SSSR count). The largest absolute Gasteiger partial charge is 0.478 e. The fraction of sp³-hybridized carbons (Fsp3) is 0.0968. The molecule has 0 fully saturated rings. The number of carbonyl (C=O) groups excluding carboxylic acids is 1. The summed E-state index contributed by atoms with van der Waals surface area (Å²) in [5.41, 5.74) is 4.48. The van der Waals surface area contributed by atoms with Crippen LogP contribution in [0.3, 0.4) is 0 Å². The van der Waals surface area contributed by atoms with Crippen LogP contribution in [0.15, 0.2) is 102 Å². The van der Waals surface area contributed by atoms with Crippen LogP contribution in [0.2, 0.25) is 0 Å². The van der Waals surface area contributed by atoms with E-state index in [4.69, 9.17) is 14.0 Å². The average molecular weight is 536 g/mol. The lowest BCUT2D eigenvalue weighted by molar-refractivity contribution is 0.0693. The van der Waals surface area contributed by atoms with E-state index in [0.717, 1.165) is 22.3 Å². The van der Waals surface area contributed by atoms with Crippen LogP contribution in [0.5, 0.6) is 11.5 Å². The molecule has 1 atom stereocenters. The van der Waals surface area contributed by atoms with Crippen LogP contribution >= 0.6 is 0 Å². The molecule has 0 spiro atoms. The quantitative estimate of drug-likeness (QED) is 0.209. The molecule has 2 aromatic heterocycles. The maximum atomic E-state index is 12.6. The molecule has 0 bridgehead atoms. The molecule has 0 saturated carbocycles. The summed E-state index contributed by atoms with van der Waals surface area (Å²) in [6, 6.07) is 25.7. The molecule has 9 heteroatoms. The lowest BCUT2D eigenvalue weighted by Gasteiger charge is -2.14. The van der Waals surface area contributed by atoms with Gasteiger partial charge in [-0.1, -0.05) is 71.9 Å². The number of nitrogens with zero attached hydrogens (tertiary/aromatic N) is 2. The van der Waals surface area contributed by atoms with Gasteiger partial charge in [-0.2, -0.15) is 0 Å². The molecule has 2 N–H and O–H groups in total. The molecule has 3 aromatic carbocycles. The standard InChI is InChI=1S/C31H25N3O6/c1-19-28(33-31(37)38-20(2)21-6-4-3-5-7-21)29(40-34-19)24-10-8-22(9-11-24)23-12-14-25(15-13-23)39-27-18-32-17-16-26(27)30(35)36/h3-18,20H,1-2H3,(H,33,37)(H,35,36)/t20-/m1/s1. The summed E-state index contributed by atoms with van der Waals surface area (Å²) in [5.74, 6) is -0.0228. The van der Waals surface area contributed by atoms with Crippen LogP contribution in [-0.4, -0.2) is 27.3 Å². The van der Waals surface area contributed by atoms with Crippen molar-refractivity contribution in [1.29, 1.82) is 0 Å². The highest BCUT2D eigenvalue weighted by atomic mass is 16.6. The van der Waals surface area contributed by atoms with Crippen LogP contribution in [0.4, 0.5) is 10.5 Å². The summed E-state index contributed by atoms with van der Waals surface area (Å²) < 4.78 is 16.8. The third-order valence-electron chi connectivity index (χ3n) is 6.22. The van der Waals surface area contributed by atoms with Gasteiger partial charge in [-0.25, -0.2) is 9.59 Å². The first kappa shape index (κ1) is 26.2. The second-order valence-corrected chi connectivity index (χ2v) is 8.94. The van der Waals surface area contributed by atoms with Crippen molar-refractivity contribution in [3.8, 4) is 33.9 Å². The third kappa shape index (κ3) is 5.83. The van der Waals surface area contributed by atoms with E-state index in [-0.39, 0.29) is 11.3 Å². The summed E-state index contributed by atoms with van der Waals surface area (Å²) in [7, 11) is 0. The second-order valence-electron chi connectivity index (χ2n) is 8.94. The van der Waals surface area contributed by atoms with Crippen molar-refractivity contribution in [2.24, 2.45) is 0 Å². The van der Waals surface area contributed by atoms with E-state index >= 15 is 0 Å². The Bertz CT molecular complexity index is 1630. The zero-order chi connectivity index (χ0) is 28.1. The number of hydrogen-bond donors (Lipinski definition) is 2. The van der Waals surface area contributed by atoms with Gasteiger partial charge in [-0.3, -0.25) is 10.3 Å². The fourth-order valence-corrected chi connectivity index (χ4v) is 4.09. The normalized spacial score (nSPS) is 11.4. The highest BCUT2D eigenvalue weighted by Gasteiger charge is 2.20. The summed E-state index contributed by atoms with van der Waals surface area (Å²) in [6.07, 6.45) is 1.74. The van der Waals surface area contributed by atoms with Crippen molar-refractivity contribution in [2.45, 2.75) is 20.0 Å². The van der Waals surface area contributed by atoms with E-state index in [1.165, 1.54) is 18.5 Å². The van der Waals surface area contributed by atoms with Gasteiger partial charge in [0.05, 0.1) is 6.20 Å². The summed E-state index contributed by atoms with van der Waals surface area (Å²) >= 11 is 0. The molecule has 0 saturated heterocycles. The Balaban J connectivity index is 1.28. The maximum absolute atomic E-state index is 12.6. The lowest BCUT2D eigenvalue weighted by atomic mass is 10.0. The van der Waals surface area contributed by atoms with Crippen molar-refractivity contribution in [2.75, 3.05) is 5.32 Å². The van der Waals surface area contributed by atoms with Gasteiger partial charge in [-0.05, 0) is 48.7 Å². The van der Waals surface area contributed by atoms with E-state index in [2.05, 4.69) is 15.5 Å². The minimum absolute atomic E-state index is 0.0325. The third-order valence-corrected chi connectivity index (χ3v) is 6.22. The number of aromatic nitrogens is 2. The van der Waals surface area contributed by atoms with Gasteiger partial charge in [0.1, 0.15) is 28.8 Å². The van der Waals surface area contributed by atoms with E-state index in [9.17, 15) is 14.7 Å². The van der Waals surface area contributed by atoms with Crippen molar-refractivity contribution in [1.82, 2.24) is 10.1 Å². The minimum atomic E-state index is -1.09. The van der Waals surface area contributed by atoms with Crippen LogP contribution < -0.4 is 10.1 Å². The van der Waals surface area contributed by atoms with Gasteiger partial charge >= 0.3 is 12.1 Å². The number of carbonyl (C=O) groups is 2. The molecule has 5 aromatic rings. The monoisotopic (exact) mass is 535 g/mol. The molecule has 40 heavy (non-hydrogen) atoms. The number of aromatic carboxylic acids is 1. The van der Waals surface area contributed by atoms with Crippen molar-refractivity contribution >= 4 is 17.7 Å². The predicted molar refractivity (Wildman–Crippen MR) is 148 cm³/mol. The molecule has 1 amide bonds. The van der Waals surface area contributed by atoms with Crippen molar-refractivity contribution in [3.63, 3.8) is 0 Å². The number of amides is 1. The summed E-state index contributed by atoms with van der Waals surface area (Å²) in [6.45, 7) is 3.55. The molecule has 9 nitrogen and oxygen atoms in total. The predicted octanol–water partition coefficient (Wildman–Crippen LogP) is 7.51. The Labute approximate surface area is 230 Å². The van der Waals surface area contributed by atoms with Crippen LogP contribution in [-0.2, 0) is 4.74 Å². The number of ether oxygens (including phenoxy) is 2. The van der Waals surface area contributed by atoms with Crippen molar-refractivity contribution < 1.29 is 28.7 Å². The zero-order valence-electron chi connectivity index (χ0n) is 21.7. The van der Waals surface area contributed by atoms with Crippen molar-refractivity contribution in [3.05, 3.63) is 114 Å². The highest BCUT2D eigenvalue weighted by molar-refractivity contribution is 5.91. The van der Waals surface area contributed by atoms with Gasteiger partial charge in [0, 0.05) is 11.8 Å². The first-order valence-corrected chi connectivity index (χ1v) is 12.4. The molecule has 0 radical (unpaired) electrons. The lowest BCUT2D eigenvalue weighted by Crippen LogP contribution is -2.16. The number of aryl methyl sites for hydroxylation is 1. The molecule has 0 aliphatic rings. The molecule has 0 unspecified atom stereocenters. The topological polar surface area (TPSA) is 124 Å². The number of carboxylic acids is 1. The van der Waals surface area contributed by atoms with Gasteiger partial charge in [-0.15, -0.1) is 0 Å². The molecule has 2 heterocycles. The van der Waals surface area contributed by atoms with Gasteiger partial charge < -0.3 is 19.1 Å². The minimum Gasteiger partial charge on any atom is -0.478 e. The number of carboxylic acid groups (broad SMARTS) is 1. The Morgan fingerprint density at radius 3 is 2.23 bits per heavy atom. The van der Waals surface area contributed by atoms with E-state index in [0.29, 0.717) is 22.9 Å². The number of rotatable bonds is 8. The molecular weight excluding hydrogens is 510 g/mol. The van der Waals surface area contributed by atoms with Crippen LogP contribution in [0.1, 0.15) is 34.6 Å². The Hall–Kier alpha value is -5.44. The zero-order valence-corrected chi connectivity index (χ0v) is 21.7. The molecular formula is C31H25N3O6. The number of anilines is 1. The van der Waals surface area contributed by atoms with E-state index < -0.39 is 18.2 Å². The fourth-order valence-electron chi connectivity index (χ4n) is 4.09. The molecule has 0 aliphatic carbocycles. The molecule has 200 valence electrons. The number of benzene rings is 3. The first-order chi connectivity index (χ1) is 19.4. The summed E-state index contributed by atoms with van der Waals surface area (Å²) in [5, 5.41) is 16.1. The number of pyridine rings is 1. The Kier molecular flexibility index (Phi) is 7.54. The SMILES string of the molecule is Cc1noc(-c2ccc(-c3ccc(Oc4cnccc4C(=O)O)cc3)cc2)c1NC(=O)O[C@H](C)c1ccccc1. The maximum Gasteiger partial charge on any atom is 0.412 e. The highest BCUT2D eigenvalue weighted by Crippen LogP contribution is 2.34.